The van der Waals surface area contributed by atoms with Gasteiger partial charge in [-0.25, -0.2) is 9.59 Å². The van der Waals surface area contributed by atoms with Crippen molar-refractivity contribution in [3.8, 4) is 0 Å². The summed E-state index contributed by atoms with van der Waals surface area (Å²) in [5.41, 5.74) is 2.47. The SMILES string of the molecule is O=C(NCc1ccc(C(=O)O)cc1)NC1CC2CCC(C1)N2Cc1ccccc1. The number of hydrogen-bond acceptors (Lipinski definition) is 3. The van der Waals surface area contributed by atoms with E-state index in [1.165, 1.54) is 18.4 Å². The Labute approximate surface area is 170 Å². The molecule has 0 aliphatic carbocycles. The quantitative estimate of drug-likeness (QED) is 0.703. The Morgan fingerprint density at radius 2 is 1.59 bits per heavy atom. The molecule has 29 heavy (non-hydrogen) atoms. The van der Waals surface area contributed by atoms with E-state index in [0.29, 0.717) is 18.6 Å². The van der Waals surface area contributed by atoms with E-state index in [4.69, 9.17) is 5.11 Å². The fourth-order valence-electron chi connectivity index (χ4n) is 4.63. The first-order chi connectivity index (χ1) is 14.1. The number of nitrogens with zero attached hydrogens (tertiary/aromatic N) is 1. The molecular weight excluding hydrogens is 366 g/mol. The maximum atomic E-state index is 12.3. The van der Waals surface area contributed by atoms with Gasteiger partial charge in [-0.15, -0.1) is 0 Å². The van der Waals surface area contributed by atoms with Crippen molar-refractivity contribution in [2.75, 3.05) is 0 Å². The summed E-state index contributed by atoms with van der Waals surface area (Å²) in [6, 6.07) is 18.3. The van der Waals surface area contributed by atoms with Crippen LogP contribution in [0.4, 0.5) is 4.79 Å². The van der Waals surface area contributed by atoms with Gasteiger partial charge in [0.1, 0.15) is 0 Å². The van der Waals surface area contributed by atoms with Crippen LogP contribution >= 0.6 is 0 Å². The Morgan fingerprint density at radius 1 is 0.931 bits per heavy atom. The number of carboxylic acids is 1. The van der Waals surface area contributed by atoms with Crippen molar-refractivity contribution in [3.63, 3.8) is 0 Å². The lowest BCUT2D eigenvalue weighted by Gasteiger charge is -2.39. The van der Waals surface area contributed by atoms with E-state index in [0.717, 1.165) is 24.9 Å². The van der Waals surface area contributed by atoms with Crippen LogP contribution in [0.15, 0.2) is 54.6 Å². The first-order valence-electron chi connectivity index (χ1n) is 10.2. The Bertz CT molecular complexity index is 839. The largest absolute Gasteiger partial charge is 0.478 e. The van der Waals surface area contributed by atoms with Gasteiger partial charge in [0.2, 0.25) is 0 Å². The van der Waals surface area contributed by atoms with E-state index in [9.17, 15) is 9.59 Å². The monoisotopic (exact) mass is 393 g/mol. The zero-order valence-electron chi connectivity index (χ0n) is 16.4. The number of carbonyl (C=O) groups excluding carboxylic acids is 1. The topological polar surface area (TPSA) is 81.7 Å². The molecule has 2 unspecified atom stereocenters. The van der Waals surface area contributed by atoms with Crippen LogP contribution in [-0.4, -0.2) is 40.1 Å². The highest BCUT2D eigenvalue weighted by atomic mass is 16.4. The highest BCUT2D eigenvalue weighted by molar-refractivity contribution is 5.87. The van der Waals surface area contributed by atoms with Crippen LogP contribution in [0.2, 0.25) is 0 Å². The van der Waals surface area contributed by atoms with E-state index in [1.807, 2.05) is 6.07 Å². The molecule has 6 nitrogen and oxygen atoms in total. The van der Waals surface area contributed by atoms with Gasteiger partial charge in [-0.3, -0.25) is 4.90 Å². The lowest BCUT2D eigenvalue weighted by Crippen LogP contribution is -2.51. The summed E-state index contributed by atoms with van der Waals surface area (Å²) < 4.78 is 0. The van der Waals surface area contributed by atoms with Crippen molar-refractivity contribution in [1.82, 2.24) is 15.5 Å². The maximum Gasteiger partial charge on any atom is 0.335 e. The number of hydrogen-bond donors (Lipinski definition) is 3. The number of piperidine rings is 1. The van der Waals surface area contributed by atoms with Gasteiger partial charge in [-0.2, -0.15) is 0 Å². The van der Waals surface area contributed by atoms with Gasteiger partial charge in [0.25, 0.3) is 0 Å². The number of nitrogens with one attached hydrogen (secondary N) is 2. The minimum atomic E-state index is -0.949. The molecule has 2 aromatic carbocycles. The third kappa shape index (κ3) is 4.77. The second-order valence-electron chi connectivity index (χ2n) is 8.04. The predicted molar refractivity (Wildman–Crippen MR) is 111 cm³/mol. The highest BCUT2D eigenvalue weighted by Crippen LogP contribution is 2.36. The molecule has 0 radical (unpaired) electrons. The average molecular weight is 393 g/mol. The zero-order chi connectivity index (χ0) is 20.2. The minimum absolute atomic E-state index is 0.159. The van der Waals surface area contributed by atoms with Crippen LogP contribution in [0.1, 0.15) is 47.2 Å². The third-order valence-electron chi connectivity index (χ3n) is 6.08. The van der Waals surface area contributed by atoms with Crippen molar-refractivity contribution in [1.29, 1.82) is 0 Å². The van der Waals surface area contributed by atoms with Gasteiger partial charge >= 0.3 is 12.0 Å². The standard InChI is InChI=1S/C23H27N3O3/c27-22(28)18-8-6-16(7-9-18)14-24-23(29)25-19-12-20-10-11-21(13-19)26(20)15-17-4-2-1-3-5-17/h1-9,19-21H,10-15H2,(H,27,28)(H2,24,25,29). The first kappa shape index (κ1) is 19.5. The van der Waals surface area contributed by atoms with Crippen molar-refractivity contribution in [2.24, 2.45) is 0 Å². The summed E-state index contributed by atoms with van der Waals surface area (Å²) in [6.45, 7) is 1.37. The molecule has 6 heteroatoms. The maximum absolute atomic E-state index is 12.3. The van der Waals surface area contributed by atoms with E-state index in [2.05, 4.69) is 39.8 Å². The lowest BCUT2D eigenvalue weighted by atomic mass is 9.96. The summed E-state index contributed by atoms with van der Waals surface area (Å²) in [5, 5.41) is 15.0. The Balaban J connectivity index is 1.25. The second-order valence-corrected chi connectivity index (χ2v) is 8.04. The van der Waals surface area contributed by atoms with Crippen LogP contribution in [0, 0.1) is 0 Å². The molecule has 4 rings (SSSR count). The third-order valence-corrected chi connectivity index (χ3v) is 6.08. The molecule has 2 aromatic rings. The molecule has 2 atom stereocenters. The van der Waals surface area contributed by atoms with E-state index < -0.39 is 5.97 Å². The van der Waals surface area contributed by atoms with Crippen LogP contribution < -0.4 is 10.6 Å². The smallest absolute Gasteiger partial charge is 0.335 e. The zero-order valence-corrected chi connectivity index (χ0v) is 16.4. The van der Waals surface area contributed by atoms with Gasteiger partial charge in [0, 0.05) is 31.2 Å². The molecule has 2 amide bonds. The summed E-state index contributed by atoms with van der Waals surface area (Å²) in [4.78, 5) is 25.8. The molecule has 2 heterocycles. The molecule has 2 aliphatic heterocycles. The number of aromatic carboxylic acids is 1. The van der Waals surface area contributed by atoms with Gasteiger partial charge in [-0.05, 0) is 48.9 Å². The summed E-state index contributed by atoms with van der Waals surface area (Å²) in [6.07, 6.45) is 4.38. The summed E-state index contributed by atoms with van der Waals surface area (Å²) >= 11 is 0. The summed E-state index contributed by atoms with van der Waals surface area (Å²) in [5.74, 6) is -0.949. The number of benzene rings is 2. The van der Waals surface area contributed by atoms with E-state index in [-0.39, 0.29) is 17.6 Å². The molecule has 2 bridgehead atoms. The van der Waals surface area contributed by atoms with Gasteiger partial charge < -0.3 is 15.7 Å². The lowest BCUT2D eigenvalue weighted by molar-refractivity contribution is 0.0697. The van der Waals surface area contributed by atoms with Crippen LogP contribution in [0.3, 0.4) is 0 Å². The number of fused-ring (bicyclic) bond motifs is 2. The Hall–Kier alpha value is -2.86. The van der Waals surface area contributed by atoms with Gasteiger partial charge in [-0.1, -0.05) is 42.5 Å². The minimum Gasteiger partial charge on any atom is -0.478 e. The molecule has 2 saturated heterocycles. The molecule has 152 valence electrons. The second kappa shape index (κ2) is 8.66. The average Bonchev–Trinajstić information content (AvgIpc) is 2.95. The number of amides is 2. The van der Waals surface area contributed by atoms with Crippen molar-refractivity contribution in [2.45, 2.75) is 56.9 Å². The molecule has 0 saturated carbocycles. The van der Waals surface area contributed by atoms with Crippen LogP contribution in [0.5, 0.6) is 0 Å². The van der Waals surface area contributed by atoms with Crippen LogP contribution in [-0.2, 0) is 13.1 Å². The van der Waals surface area contributed by atoms with Gasteiger partial charge in [0.15, 0.2) is 0 Å². The Morgan fingerprint density at radius 3 is 2.21 bits per heavy atom. The number of carbonyl (C=O) groups is 2. The molecule has 2 aliphatic rings. The molecule has 2 fully saturated rings. The molecule has 0 spiro atoms. The van der Waals surface area contributed by atoms with Crippen molar-refractivity contribution >= 4 is 12.0 Å². The molecule has 3 N–H and O–H groups in total. The van der Waals surface area contributed by atoms with E-state index >= 15 is 0 Å². The number of urea groups is 1. The molecular formula is C23H27N3O3. The van der Waals surface area contributed by atoms with Gasteiger partial charge in [0.05, 0.1) is 5.56 Å². The Kier molecular flexibility index (Phi) is 5.81. The number of carboxylic acid groups (broad SMARTS) is 1. The molecule has 0 aromatic heterocycles. The van der Waals surface area contributed by atoms with E-state index in [1.54, 1.807) is 24.3 Å². The summed E-state index contributed by atoms with van der Waals surface area (Å²) in [7, 11) is 0. The van der Waals surface area contributed by atoms with Crippen molar-refractivity contribution in [3.05, 3.63) is 71.3 Å². The van der Waals surface area contributed by atoms with Crippen molar-refractivity contribution < 1.29 is 14.7 Å². The van der Waals surface area contributed by atoms with Crippen LogP contribution in [0.25, 0.3) is 0 Å². The highest BCUT2D eigenvalue weighted by Gasteiger charge is 2.40. The predicted octanol–water partition coefficient (Wildman–Crippen LogP) is 3.38. The normalized spacial score (nSPS) is 23.5. The fourth-order valence-corrected chi connectivity index (χ4v) is 4.63. The fraction of sp³-hybridized carbons (Fsp3) is 0.391. The first-order valence-corrected chi connectivity index (χ1v) is 10.2. The number of rotatable bonds is 6.